The van der Waals surface area contributed by atoms with Crippen molar-refractivity contribution in [2.45, 2.75) is 11.8 Å². The van der Waals surface area contributed by atoms with E-state index in [1.54, 1.807) is 0 Å². The van der Waals surface area contributed by atoms with E-state index in [9.17, 15) is 14.4 Å². The zero-order chi connectivity index (χ0) is 13.6. The van der Waals surface area contributed by atoms with Gasteiger partial charge in [-0.1, -0.05) is 0 Å². The summed E-state index contributed by atoms with van der Waals surface area (Å²) < 4.78 is 0. The van der Waals surface area contributed by atoms with Crippen LogP contribution in [-0.2, 0) is 14.4 Å². The number of carboxylic acids is 1. The van der Waals surface area contributed by atoms with E-state index >= 15 is 0 Å². The molecule has 2 amide bonds. The van der Waals surface area contributed by atoms with Crippen molar-refractivity contribution in [2.24, 2.45) is 11.5 Å². The fourth-order valence-electron chi connectivity index (χ4n) is 0.922. The van der Waals surface area contributed by atoms with Gasteiger partial charge >= 0.3 is 5.97 Å². The molecular weight excluding hydrogens is 268 g/mol. The molecule has 0 heterocycles. The first-order valence-corrected chi connectivity index (χ1v) is 5.64. The molecule has 0 aliphatic carbocycles. The van der Waals surface area contributed by atoms with Crippen LogP contribution in [-0.4, -0.2) is 46.2 Å². The molecule has 0 fully saturated rings. The zero-order valence-electron chi connectivity index (χ0n) is 8.71. The van der Waals surface area contributed by atoms with Gasteiger partial charge in [0.05, 0.1) is 11.5 Å². The smallest absolute Gasteiger partial charge is 0.326 e. The molecule has 10 heteroatoms. The van der Waals surface area contributed by atoms with Crippen LogP contribution in [0.1, 0.15) is 0 Å². The highest BCUT2D eigenvalue weighted by Crippen LogP contribution is 1.99. The Balaban J connectivity index is 4.98. The van der Waals surface area contributed by atoms with Crippen LogP contribution in [0, 0.1) is 0 Å². The van der Waals surface area contributed by atoms with E-state index in [2.05, 4.69) is 35.9 Å². The summed E-state index contributed by atoms with van der Waals surface area (Å²) in [6, 6.07) is -1.71. The largest absolute Gasteiger partial charge is 0.480 e. The number of hydrogen-bond acceptors (Lipinski definition) is 7. The molecule has 17 heavy (non-hydrogen) atoms. The number of nitrogens with one attached hydrogen (secondary N) is 2. The third-order valence-corrected chi connectivity index (χ3v) is 2.31. The summed E-state index contributed by atoms with van der Waals surface area (Å²) in [6.45, 7) is 0. The lowest BCUT2D eigenvalue weighted by Gasteiger charge is -2.34. The Morgan fingerprint density at radius 1 is 1.18 bits per heavy atom. The van der Waals surface area contributed by atoms with Gasteiger partial charge in [0.15, 0.2) is 11.8 Å². The van der Waals surface area contributed by atoms with Crippen molar-refractivity contribution in [3.05, 3.63) is 0 Å². The summed E-state index contributed by atoms with van der Waals surface area (Å²) >= 11 is 7.36. The van der Waals surface area contributed by atoms with Crippen LogP contribution in [0.15, 0.2) is 0 Å². The summed E-state index contributed by atoms with van der Waals surface area (Å²) in [5, 5.41) is 12.9. The molecule has 0 saturated heterocycles. The Morgan fingerprint density at radius 2 is 1.53 bits per heavy atom. The van der Waals surface area contributed by atoms with Crippen LogP contribution >= 0.6 is 25.3 Å². The maximum atomic E-state index is 11.1. The first-order valence-electron chi connectivity index (χ1n) is 4.37. The van der Waals surface area contributed by atoms with Crippen LogP contribution in [0.2, 0.25) is 0 Å². The number of carbonyl (C=O) groups excluding carboxylic acids is 2. The minimum absolute atomic E-state index is 0.234. The number of nitrogens with two attached hydrogens (primary N) is 2. The monoisotopic (exact) mass is 282 g/mol. The molecule has 0 saturated carbocycles. The fourth-order valence-corrected chi connectivity index (χ4v) is 1.08. The van der Waals surface area contributed by atoms with Crippen molar-refractivity contribution >= 4 is 43.0 Å². The number of carboxylic acid groups (broad SMARTS) is 1. The Morgan fingerprint density at radius 3 is 1.76 bits per heavy atom. The van der Waals surface area contributed by atoms with Crippen LogP contribution in [0.5, 0.6) is 0 Å². The van der Waals surface area contributed by atoms with Gasteiger partial charge in [-0.05, 0) is 0 Å². The maximum absolute atomic E-state index is 11.1. The average Bonchev–Trinajstić information content (AvgIpc) is 2.27. The third-order valence-electron chi connectivity index (χ3n) is 1.74. The maximum Gasteiger partial charge on any atom is 0.326 e. The first kappa shape index (κ1) is 16.0. The van der Waals surface area contributed by atoms with Gasteiger partial charge in [0.2, 0.25) is 11.8 Å². The second kappa shape index (κ2) is 6.69. The Kier molecular flexibility index (Phi) is 6.31. The normalized spacial score (nSPS) is 12.7. The SMILES string of the molecule is NC(C(=O)O)C(N)(NC(=O)CS)NC(=O)CS. The van der Waals surface area contributed by atoms with Gasteiger partial charge in [-0.2, -0.15) is 25.3 Å². The lowest BCUT2D eigenvalue weighted by Crippen LogP contribution is -2.77. The van der Waals surface area contributed by atoms with E-state index in [-0.39, 0.29) is 11.5 Å². The van der Waals surface area contributed by atoms with E-state index in [0.717, 1.165) is 0 Å². The van der Waals surface area contributed by atoms with E-state index in [0.29, 0.717) is 0 Å². The highest BCUT2D eigenvalue weighted by Gasteiger charge is 2.40. The van der Waals surface area contributed by atoms with Crippen LogP contribution < -0.4 is 22.1 Å². The predicted octanol–water partition coefficient (Wildman–Crippen LogP) is -2.90. The Labute approximate surface area is 108 Å². The van der Waals surface area contributed by atoms with Crippen LogP contribution in [0.4, 0.5) is 0 Å². The summed E-state index contributed by atoms with van der Waals surface area (Å²) in [6.07, 6.45) is 0. The second-order valence-electron chi connectivity index (χ2n) is 3.10. The van der Waals surface area contributed by atoms with Gasteiger partial charge in [0.25, 0.3) is 0 Å². The van der Waals surface area contributed by atoms with Crippen molar-refractivity contribution < 1.29 is 19.5 Å². The molecule has 0 bridgehead atoms. The molecule has 0 spiro atoms. The van der Waals surface area contributed by atoms with Crippen molar-refractivity contribution in [2.75, 3.05) is 11.5 Å². The Bertz CT molecular complexity index is 307. The highest BCUT2D eigenvalue weighted by molar-refractivity contribution is 7.81. The molecule has 8 nitrogen and oxygen atoms in total. The minimum Gasteiger partial charge on any atom is -0.480 e. The van der Waals surface area contributed by atoms with E-state index < -0.39 is 29.6 Å². The van der Waals surface area contributed by atoms with E-state index in [4.69, 9.17) is 16.6 Å². The number of amides is 2. The van der Waals surface area contributed by atoms with Gasteiger partial charge in [0, 0.05) is 0 Å². The topological polar surface area (TPSA) is 148 Å². The van der Waals surface area contributed by atoms with Gasteiger partial charge in [-0.25, -0.2) is 0 Å². The summed E-state index contributed by atoms with van der Waals surface area (Å²) in [5.41, 5.74) is 10.9. The molecule has 0 rings (SSSR count). The van der Waals surface area contributed by atoms with Crippen molar-refractivity contribution in [1.29, 1.82) is 0 Å². The number of hydrogen-bond donors (Lipinski definition) is 7. The van der Waals surface area contributed by atoms with Gasteiger partial charge in [-0.3, -0.25) is 20.1 Å². The molecule has 0 aromatic rings. The minimum atomic E-state index is -2.09. The molecule has 0 radical (unpaired) electrons. The molecule has 0 aliphatic heterocycles. The molecule has 0 aromatic carbocycles. The molecule has 0 aliphatic rings. The van der Waals surface area contributed by atoms with Crippen LogP contribution in [0.3, 0.4) is 0 Å². The van der Waals surface area contributed by atoms with Crippen molar-refractivity contribution in [3.8, 4) is 0 Å². The van der Waals surface area contributed by atoms with Gasteiger partial charge in [-0.15, -0.1) is 0 Å². The predicted molar refractivity (Wildman–Crippen MR) is 66.5 cm³/mol. The quantitative estimate of drug-likeness (QED) is 0.205. The molecule has 0 aromatic heterocycles. The lowest BCUT2D eigenvalue weighted by molar-refractivity contribution is -0.142. The summed E-state index contributed by atoms with van der Waals surface area (Å²) in [5.74, 6) is -5.39. The fraction of sp³-hybridized carbons (Fsp3) is 0.571. The van der Waals surface area contributed by atoms with Gasteiger partial charge < -0.3 is 21.5 Å². The number of rotatable bonds is 6. The Hall–Kier alpha value is -0.970. The highest BCUT2D eigenvalue weighted by atomic mass is 32.1. The molecule has 7 N–H and O–H groups in total. The van der Waals surface area contributed by atoms with Crippen LogP contribution in [0.25, 0.3) is 0 Å². The second-order valence-corrected chi connectivity index (χ2v) is 3.73. The third kappa shape index (κ3) is 4.81. The summed E-state index contributed by atoms with van der Waals surface area (Å²) in [7, 11) is 0. The van der Waals surface area contributed by atoms with E-state index in [1.807, 2.05) is 0 Å². The van der Waals surface area contributed by atoms with Crippen molar-refractivity contribution in [1.82, 2.24) is 10.6 Å². The standard InChI is InChI=1S/C7H14N4O4S2/c8-5(6(14)15)7(9,10-3(12)1-16)11-4(13)2-17/h5,16-17H,1-2,8-9H2,(H,10,12)(H,11,13)(H,14,15). The first-order chi connectivity index (χ1) is 7.76. The van der Waals surface area contributed by atoms with E-state index in [1.165, 1.54) is 0 Å². The molecular formula is C7H14N4O4S2. The zero-order valence-corrected chi connectivity index (χ0v) is 10.5. The number of aliphatic carboxylic acids is 1. The molecule has 1 unspecified atom stereocenters. The van der Waals surface area contributed by atoms with Crippen molar-refractivity contribution in [3.63, 3.8) is 0 Å². The molecule has 98 valence electrons. The molecule has 1 atom stereocenters. The number of carbonyl (C=O) groups is 3. The average molecular weight is 282 g/mol. The lowest BCUT2D eigenvalue weighted by atomic mass is 10.1. The van der Waals surface area contributed by atoms with Gasteiger partial charge in [0.1, 0.15) is 0 Å². The summed E-state index contributed by atoms with van der Waals surface area (Å²) in [4.78, 5) is 33.0. The number of thiol groups is 2.